The van der Waals surface area contributed by atoms with Crippen LogP contribution in [0.25, 0.3) is 0 Å². The molecule has 0 aliphatic heterocycles. The molecule has 1 aromatic carbocycles. The summed E-state index contributed by atoms with van der Waals surface area (Å²) in [6.45, 7) is 0. The summed E-state index contributed by atoms with van der Waals surface area (Å²) in [5, 5.41) is 8.92. The summed E-state index contributed by atoms with van der Waals surface area (Å²) in [4.78, 5) is 0. The van der Waals surface area contributed by atoms with E-state index in [1.807, 2.05) is 0 Å². The summed E-state index contributed by atoms with van der Waals surface area (Å²) >= 11 is 2.13. The lowest BCUT2D eigenvalue weighted by Crippen LogP contribution is -1.84. The van der Waals surface area contributed by atoms with Crippen LogP contribution < -0.4 is 5.73 Å². The van der Waals surface area contributed by atoms with Crippen LogP contribution in [0.15, 0.2) is 18.2 Å². The van der Waals surface area contributed by atoms with Gasteiger partial charge in [0.25, 0.3) is 0 Å². The second-order valence-electron chi connectivity index (χ2n) is 1.70. The number of aromatic hydroxyl groups is 1. The van der Waals surface area contributed by atoms with Crippen molar-refractivity contribution in [2.75, 3.05) is 5.73 Å². The summed E-state index contributed by atoms with van der Waals surface area (Å²) in [6.07, 6.45) is 0. The van der Waals surface area contributed by atoms with Gasteiger partial charge >= 0.3 is 0 Å². The van der Waals surface area contributed by atoms with E-state index in [-0.39, 0.29) is 18.2 Å². The van der Waals surface area contributed by atoms with Gasteiger partial charge in [0.1, 0.15) is 5.75 Å². The highest BCUT2D eigenvalue weighted by Crippen LogP contribution is 2.20. The number of phenolic OH excluding ortho intramolecular Hbond substituents is 1. The van der Waals surface area contributed by atoms with E-state index in [4.69, 9.17) is 10.8 Å². The summed E-state index contributed by atoms with van der Waals surface area (Å²) in [7, 11) is 0. The van der Waals surface area contributed by atoms with Crippen LogP contribution in [0.2, 0.25) is 0 Å². The zero-order valence-electron chi connectivity index (χ0n) is 5.04. The smallest absolute Gasteiger partial charge is 0.138 e. The van der Waals surface area contributed by atoms with Crippen LogP contribution in [0.5, 0.6) is 5.75 Å². The number of anilines is 1. The van der Waals surface area contributed by atoms with E-state index >= 15 is 0 Å². The molecule has 0 unspecified atom stereocenters. The maximum absolute atomic E-state index is 8.92. The topological polar surface area (TPSA) is 46.2 Å². The Labute approximate surface area is 79.0 Å². The molecule has 0 saturated carbocycles. The number of phenols is 1. The van der Waals surface area contributed by atoms with E-state index in [0.29, 0.717) is 5.69 Å². The van der Waals surface area contributed by atoms with Crippen molar-refractivity contribution < 1.29 is 5.11 Å². The summed E-state index contributed by atoms with van der Waals surface area (Å²) < 4.78 is 1.03. The first kappa shape index (κ1) is 9.84. The minimum absolute atomic E-state index is 0. The molecule has 1 aromatic rings. The molecule has 0 bridgehead atoms. The van der Waals surface area contributed by atoms with Crippen LogP contribution in [0.3, 0.4) is 0 Å². The largest absolute Gasteiger partial charge is 0.506 e. The molecule has 3 N–H and O–H groups in total. The number of benzene rings is 1. The molecule has 0 amide bonds. The molecule has 10 heavy (non-hydrogen) atoms. The molecular weight excluding hydrogens is 264 g/mol. The minimum Gasteiger partial charge on any atom is -0.506 e. The highest BCUT2D eigenvalue weighted by molar-refractivity contribution is 14.1. The molecule has 0 saturated heterocycles. The molecular formula is C6H7ClINO. The van der Waals surface area contributed by atoms with Gasteiger partial charge in [-0.1, -0.05) is 0 Å². The Morgan fingerprint density at radius 3 is 2.40 bits per heavy atom. The molecule has 1 rings (SSSR count). The van der Waals surface area contributed by atoms with Gasteiger partial charge in [0.2, 0.25) is 0 Å². The molecule has 0 heterocycles. The highest BCUT2D eigenvalue weighted by atomic mass is 127. The van der Waals surface area contributed by atoms with Gasteiger partial charge in [0.15, 0.2) is 0 Å². The third-order valence-electron chi connectivity index (χ3n) is 0.990. The van der Waals surface area contributed by atoms with Gasteiger partial charge in [-0.05, 0) is 40.8 Å². The predicted molar refractivity (Wildman–Crippen MR) is 52.5 cm³/mol. The second kappa shape index (κ2) is 3.88. The van der Waals surface area contributed by atoms with Gasteiger partial charge in [-0.2, -0.15) is 0 Å². The standard InChI is InChI=1S/C6H6INO.ClH/c7-4-1-2-6(9)5(8)3-4;/h1-3,9H,8H2;1H. The van der Waals surface area contributed by atoms with Crippen molar-refractivity contribution in [3.63, 3.8) is 0 Å². The first-order valence-electron chi connectivity index (χ1n) is 2.44. The quantitative estimate of drug-likeness (QED) is 0.431. The average molecular weight is 271 g/mol. The Morgan fingerprint density at radius 1 is 1.40 bits per heavy atom. The number of rotatable bonds is 0. The number of hydrogen-bond acceptors (Lipinski definition) is 2. The fraction of sp³-hybridized carbons (Fsp3) is 0. The fourth-order valence-electron chi connectivity index (χ4n) is 0.525. The number of halogens is 2. The van der Waals surface area contributed by atoms with E-state index in [0.717, 1.165) is 3.57 Å². The van der Waals surface area contributed by atoms with Crippen molar-refractivity contribution in [1.82, 2.24) is 0 Å². The molecule has 0 aliphatic rings. The van der Waals surface area contributed by atoms with Crippen LogP contribution in [0.1, 0.15) is 0 Å². The molecule has 4 heteroatoms. The Kier molecular flexibility index (Phi) is 3.81. The van der Waals surface area contributed by atoms with E-state index < -0.39 is 0 Å². The third-order valence-corrected chi connectivity index (χ3v) is 1.66. The fourth-order valence-corrected chi connectivity index (χ4v) is 1.04. The van der Waals surface area contributed by atoms with Crippen LogP contribution >= 0.6 is 35.0 Å². The first-order valence-corrected chi connectivity index (χ1v) is 3.52. The highest BCUT2D eigenvalue weighted by Gasteiger charge is 1.93. The number of nitrogen functional groups attached to an aromatic ring is 1. The van der Waals surface area contributed by atoms with Crippen LogP contribution in [0, 0.1) is 3.57 Å². The summed E-state index contributed by atoms with van der Waals surface area (Å²) in [6, 6.07) is 5.10. The van der Waals surface area contributed by atoms with Crippen molar-refractivity contribution in [2.45, 2.75) is 0 Å². The number of hydrogen-bond donors (Lipinski definition) is 2. The maximum Gasteiger partial charge on any atom is 0.138 e. The predicted octanol–water partition coefficient (Wildman–Crippen LogP) is 2.00. The molecule has 0 aliphatic carbocycles. The zero-order valence-corrected chi connectivity index (χ0v) is 8.02. The van der Waals surface area contributed by atoms with Crippen molar-refractivity contribution in [3.8, 4) is 5.75 Å². The van der Waals surface area contributed by atoms with Crippen LogP contribution in [0.4, 0.5) is 5.69 Å². The Bertz CT molecular complexity index is 229. The van der Waals surface area contributed by atoms with Gasteiger partial charge in [0, 0.05) is 3.57 Å². The molecule has 0 fully saturated rings. The zero-order chi connectivity index (χ0) is 6.85. The summed E-state index contributed by atoms with van der Waals surface area (Å²) in [5.74, 6) is 0.149. The lowest BCUT2D eigenvalue weighted by molar-refractivity contribution is 0.478. The summed E-state index contributed by atoms with van der Waals surface area (Å²) in [5.41, 5.74) is 5.80. The van der Waals surface area contributed by atoms with E-state index in [1.54, 1.807) is 18.2 Å². The molecule has 0 atom stereocenters. The minimum atomic E-state index is 0. The maximum atomic E-state index is 8.92. The van der Waals surface area contributed by atoms with E-state index in [9.17, 15) is 0 Å². The Hall–Kier alpha value is -0.160. The molecule has 56 valence electrons. The van der Waals surface area contributed by atoms with E-state index in [2.05, 4.69) is 22.6 Å². The van der Waals surface area contributed by atoms with Crippen LogP contribution in [-0.2, 0) is 0 Å². The third kappa shape index (κ3) is 2.22. The van der Waals surface area contributed by atoms with Crippen molar-refractivity contribution in [2.24, 2.45) is 0 Å². The monoisotopic (exact) mass is 271 g/mol. The molecule has 0 radical (unpaired) electrons. The molecule has 0 spiro atoms. The van der Waals surface area contributed by atoms with Crippen LogP contribution in [-0.4, -0.2) is 5.11 Å². The normalized spacial score (nSPS) is 8.50. The SMILES string of the molecule is Cl.Nc1cc(I)ccc1O. The van der Waals surface area contributed by atoms with Gasteiger partial charge < -0.3 is 10.8 Å². The van der Waals surface area contributed by atoms with Crippen molar-refractivity contribution in [3.05, 3.63) is 21.8 Å². The second-order valence-corrected chi connectivity index (χ2v) is 2.95. The van der Waals surface area contributed by atoms with Gasteiger partial charge in [-0.25, -0.2) is 0 Å². The van der Waals surface area contributed by atoms with Crippen molar-refractivity contribution in [1.29, 1.82) is 0 Å². The first-order chi connectivity index (χ1) is 4.20. The molecule has 2 nitrogen and oxygen atoms in total. The Morgan fingerprint density at radius 2 is 2.00 bits per heavy atom. The van der Waals surface area contributed by atoms with Gasteiger partial charge in [-0.3, -0.25) is 0 Å². The Balaban J connectivity index is 0.000000810. The lowest BCUT2D eigenvalue weighted by Gasteiger charge is -1.96. The number of nitrogens with two attached hydrogens (primary N) is 1. The van der Waals surface area contributed by atoms with Gasteiger partial charge in [-0.15, -0.1) is 12.4 Å². The van der Waals surface area contributed by atoms with E-state index in [1.165, 1.54) is 0 Å². The van der Waals surface area contributed by atoms with Crippen molar-refractivity contribution >= 4 is 40.7 Å². The average Bonchev–Trinajstić information content (AvgIpc) is 1.80. The van der Waals surface area contributed by atoms with Gasteiger partial charge in [0.05, 0.1) is 5.69 Å². The molecule has 0 aromatic heterocycles. The lowest BCUT2D eigenvalue weighted by atomic mass is 10.3.